The first-order chi connectivity index (χ1) is 10.2. The maximum absolute atomic E-state index is 12.4. The maximum atomic E-state index is 12.4. The minimum absolute atomic E-state index is 0.00788. The van der Waals surface area contributed by atoms with Crippen LogP contribution in [0.4, 0.5) is 0 Å². The number of halogens is 2. The van der Waals surface area contributed by atoms with Crippen molar-refractivity contribution in [2.24, 2.45) is 0 Å². The summed E-state index contributed by atoms with van der Waals surface area (Å²) in [7, 11) is -4.14. The fourth-order valence-corrected chi connectivity index (χ4v) is 3.78. The van der Waals surface area contributed by atoms with E-state index in [2.05, 4.69) is 15.9 Å². The van der Waals surface area contributed by atoms with E-state index in [0.29, 0.717) is 4.47 Å². The van der Waals surface area contributed by atoms with E-state index in [9.17, 15) is 13.2 Å². The highest BCUT2D eigenvalue weighted by atomic mass is 79.9. The molecule has 0 radical (unpaired) electrons. The molecule has 0 saturated heterocycles. The van der Waals surface area contributed by atoms with Gasteiger partial charge in [0.25, 0.3) is 0 Å². The Labute approximate surface area is 142 Å². The highest BCUT2D eigenvalue weighted by molar-refractivity contribution is 9.10. The molecule has 0 saturated carbocycles. The van der Waals surface area contributed by atoms with Crippen LogP contribution in [-0.2, 0) is 10.1 Å². The van der Waals surface area contributed by atoms with Crippen LogP contribution in [0.1, 0.15) is 22.8 Å². The van der Waals surface area contributed by atoms with E-state index in [1.807, 2.05) is 0 Å². The molecule has 0 aromatic heterocycles. The Bertz CT molecular complexity index is 847. The minimum Gasteiger partial charge on any atom is -0.378 e. The smallest absolute Gasteiger partial charge is 0.340 e. The predicted octanol–water partition coefficient (Wildman–Crippen LogP) is 4.38. The number of ketones is 1. The lowest BCUT2D eigenvalue weighted by molar-refractivity contribution is 0.101. The second-order valence-electron chi connectivity index (χ2n) is 4.67. The molecule has 0 spiro atoms. The van der Waals surface area contributed by atoms with Gasteiger partial charge in [-0.1, -0.05) is 33.6 Å². The average molecular weight is 404 g/mol. The molecule has 0 N–H and O–H groups in total. The molecule has 0 atom stereocenters. The van der Waals surface area contributed by atoms with Gasteiger partial charge in [-0.25, -0.2) is 0 Å². The summed E-state index contributed by atoms with van der Waals surface area (Å²) >= 11 is 9.16. The van der Waals surface area contributed by atoms with Crippen LogP contribution in [0.5, 0.6) is 5.75 Å². The largest absolute Gasteiger partial charge is 0.378 e. The molecule has 0 amide bonds. The molecule has 22 heavy (non-hydrogen) atoms. The second-order valence-corrected chi connectivity index (χ2v) is 7.51. The fraction of sp³-hybridized carbons (Fsp3) is 0.133. The zero-order valence-electron chi connectivity index (χ0n) is 11.8. The van der Waals surface area contributed by atoms with E-state index in [4.69, 9.17) is 15.8 Å². The van der Waals surface area contributed by atoms with E-state index in [1.165, 1.54) is 31.2 Å². The lowest BCUT2D eigenvalue weighted by atomic mass is 10.1. The Balaban J connectivity index is 2.49. The molecule has 0 unspecified atom stereocenters. The van der Waals surface area contributed by atoms with Gasteiger partial charge in [0.2, 0.25) is 0 Å². The number of carbonyl (C=O) groups excluding carboxylic acids is 1. The lowest BCUT2D eigenvalue weighted by Gasteiger charge is -2.12. The van der Waals surface area contributed by atoms with Crippen molar-refractivity contribution in [2.75, 3.05) is 0 Å². The molecule has 0 fully saturated rings. The van der Waals surface area contributed by atoms with Gasteiger partial charge in [0.1, 0.15) is 4.90 Å². The third-order valence-corrected chi connectivity index (χ3v) is 5.09. The Hall–Kier alpha value is -1.37. The summed E-state index contributed by atoms with van der Waals surface area (Å²) in [5, 5.41) is 0.0337. The summed E-state index contributed by atoms with van der Waals surface area (Å²) in [5.74, 6) is -0.293. The molecule has 0 aliphatic rings. The van der Waals surface area contributed by atoms with Crippen molar-refractivity contribution >= 4 is 43.4 Å². The summed E-state index contributed by atoms with van der Waals surface area (Å²) in [4.78, 5) is 11.4. The zero-order chi connectivity index (χ0) is 16.5. The quantitative estimate of drug-likeness (QED) is 0.561. The first-order valence-electron chi connectivity index (χ1n) is 6.22. The van der Waals surface area contributed by atoms with Crippen LogP contribution in [0.15, 0.2) is 45.8 Å². The van der Waals surface area contributed by atoms with E-state index < -0.39 is 10.1 Å². The van der Waals surface area contributed by atoms with Gasteiger partial charge < -0.3 is 4.18 Å². The van der Waals surface area contributed by atoms with Crippen LogP contribution in [0.3, 0.4) is 0 Å². The van der Waals surface area contributed by atoms with Gasteiger partial charge in [-0.15, -0.1) is 0 Å². The van der Waals surface area contributed by atoms with Crippen molar-refractivity contribution < 1.29 is 17.4 Å². The number of carbonyl (C=O) groups is 1. The molecule has 0 heterocycles. The van der Waals surface area contributed by atoms with Crippen molar-refractivity contribution in [3.63, 3.8) is 0 Å². The monoisotopic (exact) mass is 402 g/mol. The highest BCUT2D eigenvalue weighted by Gasteiger charge is 2.23. The Morgan fingerprint density at radius 1 is 1.18 bits per heavy atom. The number of rotatable bonds is 4. The summed E-state index contributed by atoms with van der Waals surface area (Å²) in [6, 6.07) is 9.09. The number of Topliss-reactive ketones (excluding diaryl/α,β-unsaturated/α-hetero) is 1. The van der Waals surface area contributed by atoms with Crippen molar-refractivity contribution in [1.82, 2.24) is 0 Å². The van der Waals surface area contributed by atoms with Crippen molar-refractivity contribution in [3.05, 3.63) is 57.0 Å². The van der Waals surface area contributed by atoms with Gasteiger partial charge in [0, 0.05) is 4.47 Å². The van der Waals surface area contributed by atoms with E-state index in [1.54, 1.807) is 19.1 Å². The molecule has 2 rings (SSSR count). The molecule has 2 aromatic rings. The van der Waals surface area contributed by atoms with E-state index in [0.717, 1.165) is 5.56 Å². The van der Waals surface area contributed by atoms with Gasteiger partial charge >= 0.3 is 10.1 Å². The molecule has 0 bridgehead atoms. The Morgan fingerprint density at radius 2 is 1.86 bits per heavy atom. The topological polar surface area (TPSA) is 60.4 Å². The summed E-state index contributed by atoms with van der Waals surface area (Å²) < 4.78 is 30.6. The van der Waals surface area contributed by atoms with Crippen LogP contribution in [-0.4, -0.2) is 14.2 Å². The normalized spacial score (nSPS) is 11.3. The van der Waals surface area contributed by atoms with Crippen LogP contribution >= 0.6 is 27.5 Å². The minimum atomic E-state index is -4.14. The first-order valence-corrected chi connectivity index (χ1v) is 8.80. The third kappa shape index (κ3) is 3.69. The molecule has 2 aromatic carbocycles. The van der Waals surface area contributed by atoms with Crippen molar-refractivity contribution in [1.29, 1.82) is 0 Å². The second kappa shape index (κ2) is 6.40. The molecular weight excluding hydrogens is 392 g/mol. The first kappa shape index (κ1) is 17.0. The molecule has 4 nitrogen and oxygen atoms in total. The molecule has 0 aliphatic heterocycles. The zero-order valence-corrected chi connectivity index (χ0v) is 14.9. The van der Waals surface area contributed by atoms with Gasteiger partial charge in [-0.05, 0) is 49.7 Å². The predicted molar refractivity (Wildman–Crippen MR) is 88.1 cm³/mol. The van der Waals surface area contributed by atoms with E-state index in [-0.39, 0.29) is 27.0 Å². The molecule has 0 aliphatic carbocycles. The number of aryl methyl sites for hydroxylation is 1. The van der Waals surface area contributed by atoms with Crippen LogP contribution in [0, 0.1) is 6.92 Å². The molecular formula is C15H12BrClO4S. The number of hydrogen-bond acceptors (Lipinski definition) is 4. The fourth-order valence-electron chi connectivity index (χ4n) is 1.83. The molecule has 116 valence electrons. The van der Waals surface area contributed by atoms with Gasteiger partial charge in [-0.2, -0.15) is 8.42 Å². The average Bonchev–Trinajstić information content (AvgIpc) is 2.37. The van der Waals surface area contributed by atoms with Crippen molar-refractivity contribution in [2.45, 2.75) is 18.7 Å². The Kier molecular flexibility index (Phi) is 4.94. The maximum Gasteiger partial charge on any atom is 0.340 e. The SMILES string of the molecule is CC(=O)c1ccc(C)cc1OS(=O)(=O)c1ccc(Br)cc1Cl. The van der Waals surface area contributed by atoms with Crippen molar-refractivity contribution in [3.8, 4) is 5.75 Å². The lowest BCUT2D eigenvalue weighted by Crippen LogP contribution is -2.12. The highest BCUT2D eigenvalue weighted by Crippen LogP contribution is 2.29. The number of hydrogen-bond donors (Lipinski definition) is 0. The van der Waals surface area contributed by atoms with E-state index >= 15 is 0 Å². The number of benzene rings is 2. The Morgan fingerprint density at radius 3 is 2.45 bits per heavy atom. The van der Waals surface area contributed by atoms with Crippen LogP contribution in [0.2, 0.25) is 5.02 Å². The van der Waals surface area contributed by atoms with Crippen LogP contribution < -0.4 is 4.18 Å². The summed E-state index contributed by atoms with van der Waals surface area (Å²) in [5.41, 5.74) is 0.972. The standard InChI is InChI=1S/C15H12BrClO4S/c1-9-3-5-12(10(2)18)14(7-9)21-22(19,20)15-6-4-11(16)8-13(15)17/h3-8H,1-2H3. The summed E-state index contributed by atoms with van der Waals surface area (Å²) in [6.07, 6.45) is 0. The van der Waals surface area contributed by atoms with Gasteiger partial charge in [0.15, 0.2) is 11.5 Å². The molecule has 7 heteroatoms. The third-order valence-electron chi connectivity index (χ3n) is 2.88. The summed E-state index contributed by atoms with van der Waals surface area (Å²) in [6.45, 7) is 3.12. The van der Waals surface area contributed by atoms with Crippen LogP contribution in [0.25, 0.3) is 0 Å². The van der Waals surface area contributed by atoms with Gasteiger partial charge in [0.05, 0.1) is 10.6 Å². The van der Waals surface area contributed by atoms with Gasteiger partial charge in [-0.3, -0.25) is 4.79 Å².